The Kier molecular flexibility index (Phi) is 4.25. The van der Waals surface area contributed by atoms with Gasteiger partial charge in [-0.3, -0.25) is 4.79 Å². The van der Waals surface area contributed by atoms with Gasteiger partial charge in [0, 0.05) is 18.8 Å². The fourth-order valence-electron chi connectivity index (χ4n) is 2.61. The summed E-state index contributed by atoms with van der Waals surface area (Å²) < 4.78 is 0. The molecule has 1 unspecified atom stereocenters. The van der Waals surface area contributed by atoms with Crippen LogP contribution in [0.5, 0.6) is 0 Å². The molecule has 3 heteroatoms. The molecule has 0 bridgehead atoms. The van der Waals surface area contributed by atoms with Gasteiger partial charge in [0.05, 0.1) is 5.41 Å². The highest BCUT2D eigenvalue weighted by molar-refractivity contribution is 5.98. The normalized spacial score (nSPS) is 18.4. The first-order valence-corrected chi connectivity index (χ1v) is 7.22. The Hall–Kier alpha value is -1.35. The quantitative estimate of drug-likeness (QED) is 0.908. The van der Waals surface area contributed by atoms with Gasteiger partial charge >= 0.3 is 0 Å². The molecule has 0 aliphatic carbocycles. The zero-order valence-electron chi connectivity index (χ0n) is 12.0. The summed E-state index contributed by atoms with van der Waals surface area (Å²) in [4.78, 5) is 14.8. The lowest BCUT2D eigenvalue weighted by Crippen LogP contribution is -2.46. The third-order valence-electron chi connectivity index (χ3n) is 4.35. The molecule has 1 atom stereocenters. The van der Waals surface area contributed by atoms with Gasteiger partial charge in [0.2, 0.25) is 5.91 Å². The van der Waals surface area contributed by atoms with E-state index in [1.807, 2.05) is 24.8 Å². The highest BCUT2D eigenvalue weighted by Crippen LogP contribution is 2.31. The molecule has 1 amide bonds. The first-order chi connectivity index (χ1) is 9.12. The molecule has 0 radical (unpaired) electrons. The van der Waals surface area contributed by atoms with Gasteiger partial charge in [0.25, 0.3) is 0 Å². The number of rotatable bonds is 3. The smallest absolute Gasteiger partial charge is 0.234 e. The number of anilines is 1. The lowest BCUT2D eigenvalue weighted by Gasteiger charge is -2.33. The first kappa shape index (κ1) is 14.1. The molecule has 1 aliphatic heterocycles. The van der Waals surface area contributed by atoms with E-state index in [1.165, 1.54) is 5.56 Å². The van der Waals surface area contributed by atoms with Crippen molar-refractivity contribution in [3.05, 3.63) is 29.8 Å². The topological polar surface area (TPSA) is 46.3 Å². The minimum atomic E-state index is -0.447. The molecule has 3 nitrogen and oxygen atoms in total. The average Bonchev–Trinajstić information content (AvgIpc) is 2.68. The Morgan fingerprint density at radius 2 is 2.11 bits per heavy atom. The van der Waals surface area contributed by atoms with Crippen LogP contribution in [0.25, 0.3) is 0 Å². The molecule has 104 valence electrons. The van der Waals surface area contributed by atoms with Gasteiger partial charge in [0.1, 0.15) is 0 Å². The fraction of sp³-hybridized carbons (Fsp3) is 0.562. The number of nitrogens with zero attached hydrogens (tertiary/aromatic N) is 1. The number of carbonyl (C=O) groups excluding carboxylic acids is 1. The summed E-state index contributed by atoms with van der Waals surface area (Å²) in [6, 6.07) is 8.25. The van der Waals surface area contributed by atoms with Crippen LogP contribution < -0.4 is 10.6 Å². The van der Waals surface area contributed by atoms with E-state index in [0.29, 0.717) is 6.54 Å². The van der Waals surface area contributed by atoms with Crippen LogP contribution in [-0.4, -0.2) is 19.0 Å². The van der Waals surface area contributed by atoms with Gasteiger partial charge in [0.15, 0.2) is 0 Å². The molecule has 0 saturated heterocycles. The van der Waals surface area contributed by atoms with E-state index in [1.54, 1.807) is 0 Å². The van der Waals surface area contributed by atoms with E-state index in [2.05, 4.69) is 18.2 Å². The summed E-state index contributed by atoms with van der Waals surface area (Å²) in [6.45, 7) is 5.23. The average molecular weight is 260 g/mol. The molecule has 19 heavy (non-hydrogen) atoms. The van der Waals surface area contributed by atoms with Gasteiger partial charge < -0.3 is 10.6 Å². The maximum atomic E-state index is 12.8. The number of aryl methyl sites for hydroxylation is 1. The van der Waals surface area contributed by atoms with E-state index in [-0.39, 0.29) is 5.91 Å². The molecule has 0 aromatic heterocycles. The molecule has 1 aromatic carbocycles. The van der Waals surface area contributed by atoms with Crippen LogP contribution in [0, 0.1) is 5.41 Å². The second-order valence-electron chi connectivity index (χ2n) is 5.66. The minimum absolute atomic E-state index is 0.173. The number of benzene rings is 1. The lowest BCUT2D eigenvalue weighted by molar-refractivity contribution is -0.127. The van der Waals surface area contributed by atoms with Gasteiger partial charge in [-0.25, -0.2) is 0 Å². The van der Waals surface area contributed by atoms with Gasteiger partial charge in [-0.05, 0) is 44.2 Å². The predicted octanol–water partition coefficient (Wildman–Crippen LogP) is 2.73. The summed E-state index contributed by atoms with van der Waals surface area (Å²) in [5.74, 6) is 0.173. The molecule has 1 heterocycles. The van der Waals surface area contributed by atoms with E-state index >= 15 is 0 Å². The molecule has 2 rings (SSSR count). The molecule has 2 N–H and O–H groups in total. The Balaban J connectivity index is 2.37. The van der Waals surface area contributed by atoms with E-state index < -0.39 is 5.41 Å². The SMILES string of the molecule is CCC(C)(CN)C(=O)N1CCCCc2ccccc21. The molecular weight excluding hydrogens is 236 g/mol. The van der Waals surface area contributed by atoms with Crippen molar-refractivity contribution in [3.63, 3.8) is 0 Å². The highest BCUT2D eigenvalue weighted by Gasteiger charge is 2.35. The molecule has 1 aliphatic rings. The number of hydrogen-bond acceptors (Lipinski definition) is 2. The highest BCUT2D eigenvalue weighted by atomic mass is 16.2. The summed E-state index contributed by atoms with van der Waals surface area (Å²) >= 11 is 0. The van der Waals surface area contributed by atoms with E-state index in [4.69, 9.17) is 5.73 Å². The predicted molar refractivity (Wildman–Crippen MR) is 79.2 cm³/mol. The van der Waals surface area contributed by atoms with Gasteiger partial charge in [-0.15, -0.1) is 0 Å². The van der Waals surface area contributed by atoms with Crippen LogP contribution in [0.2, 0.25) is 0 Å². The maximum absolute atomic E-state index is 12.8. The van der Waals surface area contributed by atoms with Crippen molar-refractivity contribution in [2.24, 2.45) is 11.1 Å². The standard InChI is InChI=1S/C16H24N2O/c1-3-16(2,12-17)15(19)18-11-7-6-9-13-8-4-5-10-14(13)18/h4-5,8,10H,3,6-7,9,11-12,17H2,1-2H3. The third kappa shape index (κ3) is 2.66. The van der Waals surface area contributed by atoms with Crippen molar-refractivity contribution in [2.45, 2.75) is 39.5 Å². The second kappa shape index (κ2) is 5.74. The monoisotopic (exact) mass is 260 g/mol. The molecule has 0 spiro atoms. The van der Waals surface area contributed by atoms with E-state index in [9.17, 15) is 4.79 Å². The van der Waals surface area contributed by atoms with Crippen molar-refractivity contribution in [3.8, 4) is 0 Å². The van der Waals surface area contributed by atoms with Crippen LogP contribution in [0.3, 0.4) is 0 Å². The maximum Gasteiger partial charge on any atom is 0.234 e. The van der Waals surface area contributed by atoms with Crippen LogP contribution in [-0.2, 0) is 11.2 Å². The van der Waals surface area contributed by atoms with Crippen LogP contribution in [0.4, 0.5) is 5.69 Å². The number of amides is 1. The number of carbonyl (C=O) groups is 1. The summed E-state index contributed by atoms with van der Waals surface area (Å²) in [6.07, 6.45) is 4.05. The number of para-hydroxylation sites is 1. The lowest BCUT2D eigenvalue weighted by atomic mass is 9.85. The molecular formula is C16H24N2O. The number of fused-ring (bicyclic) bond motifs is 1. The molecule has 0 saturated carbocycles. The van der Waals surface area contributed by atoms with E-state index in [0.717, 1.165) is 37.9 Å². The zero-order chi connectivity index (χ0) is 13.9. The van der Waals surface area contributed by atoms with Crippen LogP contribution >= 0.6 is 0 Å². The molecule has 0 fully saturated rings. The minimum Gasteiger partial charge on any atom is -0.329 e. The van der Waals surface area contributed by atoms with Gasteiger partial charge in [-0.1, -0.05) is 25.1 Å². The Bertz CT molecular complexity index is 452. The third-order valence-corrected chi connectivity index (χ3v) is 4.35. The van der Waals surface area contributed by atoms with Crippen molar-refractivity contribution >= 4 is 11.6 Å². The van der Waals surface area contributed by atoms with Crippen molar-refractivity contribution in [1.82, 2.24) is 0 Å². The van der Waals surface area contributed by atoms with Gasteiger partial charge in [-0.2, -0.15) is 0 Å². The van der Waals surface area contributed by atoms with Crippen LogP contribution in [0.1, 0.15) is 38.7 Å². The fourth-order valence-corrected chi connectivity index (χ4v) is 2.61. The second-order valence-corrected chi connectivity index (χ2v) is 5.66. The summed E-state index contributed by atoms with van der Waals surface area (Å²) in [5.41, 5.74) is 7.75. The Morgan fingerprint density at radius 1 is 1.37 bits per heavy atom. The van der Waals surface area contributed by atoms with Crippen molar-refractivity contribution in [1.29, 1.82) is 0 Å². The van der Waals surface area contributed by atoms with Crippen molar-refractivity contribution < 1.29 is 4.79 Å². The Morgan fingerprint density at radius 3 is 2.79 bits per heavy atom. The summed E-state index contributed by atoms with van der Waals surface area (Å²) in [7, 11) is 0. The summed E-state index contributed by atoms with van der Waals surface area (Å²) in [5, 5.41) is 0. The largest absolute Gasteiger partial charge is 0.329 e. The first-order valence-electron chi connectivity index (χ1n) is 7.22. The zero-order valence-corrected chi connectivity index (χ0v) is 12.0. The Labute approximate surface area is 115 Å². The number of hydrogen-bond donors (Lipinski definition) is 1. The van der Waals surface area contributed by atoms with Crippen molar-refractivity contribution in [2.75, 3.05) is 18.0 Å². The van der Waals surface area contributed by atoms with Crippen LogP contribution in [0.15, 0.2) is 24.3 Å². The molecule has 1 aromatic rings. The number of nitrogens with two attached hydrogens (primary N) is 1.